The third-order valence-electron chi connectivity index (χ3n) is 3.28. The molecule has 2 aromatic heterocycles. The Balaban J connectivity index is 2.56. The smallest absolute Gasteiger partial charge is 0.350 e. The fourth-order valence-electron chi connectivity index (χ4n) is 2.06. The molecular weight excluding hydrogens is 274 g/mol. The first-order valence-electron chi connectivity index (χ1n) is 6.42. The zero-order valence-corrected chi connectivity index (χ0v) is 12.9. The zero-order valence-electron chi connectivity index (χ0n) is 12.1. The van der Waals surface area contributed by atoms with Crippen molar-refractivity contribution in [3.8, 4) is 5.69 Å². The van der Waals surface area contributed by atoms with Gasteiger partial charge in [0.15, 0.2) is 0 Å². The van der Waals surface area contributed by atoms with E-state index >= 15 is 0 Å². The number of carbonyl (C=O) groups excluding carboxylic acids is 1. The van der Waals surface area contributed by atoms with Crippen molar-refractivity contribution in [1.82, 2.24) is 9.55 Å². The highest BCUT2D eigenvalue weighted by atomic mass is 32.1. The Morgan fingerprint density at radius 3 is 2.80 bits per heavy atom. The first-order valence-corrected chi connectivity index (χ1v) is 7.30. The molecular formula is C14H19N3O2S. The van der Waals surface area contributed by atoms with E-state index in [2.05, 4.69) is 18.8 Å². The van der Waals surface area contributed by atoms with Crippen molar-refractivity contribution >= 4 is 17.3 Å². The number of hydrogen-bond donors (Lipinski definition) is 1. The van der Waals surface area contributed by atoms with E-state index in [1.165, 1.54) is 18.4 Å². The number of methoxy groups -OCH3 is 1. The fraction of sp³-hybridized carbons (Fsp3) is 0.429. The van der Waals surface area contributed by atoms with E-state index in [9.17, 15) is 4.79 Å². The second-order valence-electron chi connectivity index (χ2n) is 5.05. The van der Waals surface area contributed by atoms with Crippen LogP contribution in [0.3, 0.4) is 0 Å². The number of ether oxygens (including phenoxy) is 1. The van der Waals surface area contributed by atoms with Gasteiger partial charge >= 0.3 is 5.97 Å². The topological polar surface area (TPSA) is 70.1 Å². The molecule has 2 heterocycles. The lowest BCUT2D eigenvalue weighted by Gasteiger charge is -2.18. The van der Waals surface area contributed by atoms with E-state index in [1.54, 1.807) is 12.5 Å². The van der Waals surface area contributed by atoms with Crippen LogP contribution in [0, 0.1) is 12.8 Å². The first-order chi connectivity index (χ1) is 9.47. The third-order valence-corrected chi connectivity index (χ3v) is 4.35. The number of thiophene rings is 1. The molecule has 5 nitrogen and oxygen atoms in total. The molecule has 0 bridgehead atoms. The van der Waals surface area contributed by atoms with Crippen molar-refractivity contribution in [3.05, 3.63) is 34.0 Å². The fourth-order valence-corrected chi connectivity index (χ4v) is 3.01. The molecule has 2 aromatic rings. The summed E-state index contributed by atoms with van der Waals surface area (Å²) in [7, 11) is 1.38. The number of nitrogens with two attached hydrogens (primary N) is 1. The monoisotopic (exact) mass is 293 g/mol. The summed E-state index contributed by atoms with van der Waals surface area (Å²) in [4.78, 5) is 16.6. The molecule has 0 amide bonds. The molecule has 2 rings (SSSR count). The second kappa shape index (κ2) is 5.76. The largest absolute Gasteiger partial charge is 0.465 e. The van der Waals surface area contributed by atoms with E-state index in [4.69, 9.17) is 10.5 Å². The maximum Gasteiger partial charge on any atom is 0.350 e. The minimum atomic E-state index is -0.337. The number of imidazole rings is 1. The van der Waals surface area contributed by atoms with Crippen molar-refractivity contribution in [2.75, 3.05) is 7.11 Å². The highest BCUT2D eigenvalue weighted by Crippen LogP contribution is 2.30. The summed E-state index contributed by atoms with van der Waals surface area (Å²) in [5, 5.41) is 1.94. The Bertz CT molecular complexity index is 616. The van der Waals surface area contributed by atoms with Crippen LogP contribution in [-0.2, 0) is 4.74 Å². The van der Waals surface area contributed by atoms with Crippen molar-refractivity contribution in [2.24, 2.45) is 11.7 Å². The summed E-state index contributed by atoms with van der Waals surface area (Å²) in [6, 6.07) is -0.137. The van der Waals surface area contributed by atoms with Crippen LogP contribution in [0.15, 0.2) is 17.9 Å². The summed E-state index contributed by atoms with van der Waals surface area (Å²) in [6.45, 7) is 6.08. The number of nitrogens with zero attached hydrogens (tertiary/aromatic N) is 2. The average molecular weight is 293 g/mol. The van der Waals surface area contributed by atoms with E-state index in [0.29, 0.717) is 4.88 Å². The Morgan fingerprint density at radius 2 is 2.20 bits per heavy atom. The Hall–Kier alpha value is -1.66. The molecule has 2 N–H and O–H groups in total. The minimum absolute atomic E-state index is 0.137. The Morgan fingerprint density at radius 1 is 1.50 bits per heavy atom. The average Bonchev–Trinajstić information content (AvgIpc) is 3.02. The van der Waals surface area contributed by atoms with E-state index in [1.807, 2.05) is 16.9 Å². The molecule has 0 aliphatic heterocycles. The van der Waals surface area contributed by atoms with Crippen molar-refractivity contribution in [2.45, 2.75) is 26.8 Å². The van der Waals surface area contributed by atoms with Crippen LogP contribution in [0.1, 0.15) is 40.8 Å². The van der Waals surface area contributed by atoms with Gasteiger partial charge in [0.2, 0.25) is 0 Å². The quantitative estimate of drug-likeness (QED) is 0.880. The first kappa shape index (κ1) is 14.7. The maximum atomic E-state index is 11.9. The van der Waals surface area contributed by atoms with Crippen LogP contribution in [-0.4, -0.2) is 22.6 Å². The van der Waals surface area contributed by atoms with Gasteiger partial charge in [0.25, 0.3) is 0 Å². The van der Waals surface area contributed by atoms with Gasteiger partial charge < -0.3 is 10.5 Å². The van der Waals surface area contributed by atoms with Crippen LogP contribution >= 0.6 is 11.3 Å². The molecule has 0 aromatic carbocycles. The van der Waals surface area contributed by atoms with Gasteiger partial charge in [-0.3, -0.25) is 4.57 Å². The summed E-state index contributed by atoms with van der Waals surface area (Å²) in [5.74, 6) is -0.0539. The number of hydrogen-bond acceptors (Lipinski definition) is 5. The standard InChI is InChI=1S/C14H19N3O2S/c1-8(2)11(15)10-5-16-7-17(10)12-9(3)6-20-13(12)14(18)19-4/h5-8,11H,15H2,1-4H3. The van der Waals surface area contributed by atoms with Gasteiger partial charge in [-0.15, -0.1) is 11.3 Å². The summed E-state index contributed by atoms with van der Waals surface area (Å²) < 4.78 is 6.73. The van der Waals surface area contributed by atoms with Crippen molar-refractivity contribution in [3.63, 3.8) is 0 Å². The number of aryl methyl sites for hydroxylation is 1. The van der Waals surface area contributed by atoms with Gasteiger partial charge in [0, 0.05) is 6.04 Å². The van der Waals surface area contributed by atoms with Gasteiger partial charge in [-0.2, -0.15) is 0 Å². The number of rotatable bonds is 4. The molecule has 1 unspecified atom stereocenters. The van der Waals surface area contributed by atoms with E-state index in [-0.39, 0.29) is 17.9 Å². The zero-order chi connectivity index (χ0) is 14.9. The molecule has 0 aliphatic carbocycles. The molecule has 0 spiro atoms. The van der Waals surface area contributed by atoms with Crippen LogP contribution in [0.25, 0.3) is 5.69 Å². The molecule has 6 heteroatoms. The van der Waals surface area contributed by atoms with E-state index < -0.39 is 0 Å². The number of carbonyl (C=O) groups is 1. The Kier molecular flexibility index (Phi) is 4.25. The summed E-state index contributed by atoms with van der Waals surface area (Å²) in [5.41, 5.74) is 8.94. The number of esters is 1. The highest BCUT2D eigenvalue weighted by Gasteiger charge is 2.23. The van der Waals surface area contributed by atoms with Gasteiger partial charge in [0.05, 0.1) is 31.0 Å². The minimum Gasteiger partial charge on any atom is -0.465 e. The summed E-state index contributed by atoms with van der Waals surface area (Å²) >= 11 is 1.37. The molecule has 0 saturated heterocycles. The third kappa shape index (κ3) is 2.48. The number of aromatic nitrogens is 2. The molecule has 0 aliphatic rings. The van der Waals surface area contributed by atoms with Gasteiger partial charge in [-0.25, -0.2) is 9.78 Å². The van der Waals surface area contributed by atoms with Crippen LogP contribution in [0.5, 0.6) is 0 Å². The molecule has 20 heavy (non-hydrogen) atoms. The van der Waals surface area contributed by atoms with E-state index in [0.717, 1.165) is 16.9 Å². The van der Waals surface area contributed by atoms with Crippen LogP contribution < -0.4 is 5.73 Å². The van der Waals surface area contributed by atoms with Gasteiger partial charge in [-0.1, -0.05) is 13.8 Å². The Labute approximate surface area is 122 Å². The molecule has 0 fully saturated rings. The van der Waals surface area contributed by atoms with Gasteiger partial charge in [-0.05, 0) is 23.8 Å². The van der Waals surface area contributed by atoms with Gasteiger partial charge in [0.1, 0.15) is 4.88 Å². The molecule has 1 atom stereocenters. The van der Waals surface area contributed by atoms with Crippen molar-refractivity contribution in [1.29, 1.82) is 0 Å². The maximum absolute atomic E-state index is 11.9. The van der Waals surface area contributed by atoms with Crippen LogP contribution in [0.2, 0.25) is 0 Å². The molecule has 0 saturated carbocycles. The summed E-state index contributed by atoms with van der Waals surface area (Å²) in [6.07, 6.45) is 3.45. The molecule has 0 radical (unpaired) electrons. The lowest BCUT2D eigenvalue weighted by molar-refractivity contribution is 0.0606. The normalized spacial score (nSPS) is 12.7. The van der Waals surface area contributed by atoms with Crippen LogP contribution in [0.4, 0.5) is 0 Å². The lowest BCUT2D eigenvalue weighted by atomic mass is 10.0. The lowest BCUT2D eigenvalue weighted by Crippen LogP contribution is -2.20. The molecule has 108 valence electrons. The SMILES string of the molecule is COC(=O)c1scc(C)c1-n1cncc1C(N)C(C)C. The second-order valence-corrected chi connectivity index (χ2v) is 5.93. The highest BCUT2D eigenvalue weighted by molar-refractivity contribution is 7.12. The predicted molar refractivity (Wildman–Crippen MR) is 79.3 cm³/mol. The van der Waals surface area contributed by atoms with Crippen molar-refractivity contribution < 1.29 is 9.53 Å². The predicted octanol–water partition coefficient (Wildman–Crippen LogP) is 2.68.